The molecule has 2 fully saturated rings. The highest BCUT2D eigenvalue weighted by Gasteiger charge is 2.37. The highest BCUT2D eigenvalue weighted by molar-refractivity contribution is 6.01. The number of hydrogen-bond donors (Lipinski definition) is 1. The van der Waals surface area contributed by atoms with Gasteiger partial charge in [-0.1, -0.05) is 18.2 Å². The largest absolute Gasteiger partial charge is 0.376 e. The van der Waals surface area contributed by atoms with E-state index in [1.165, 1.54) is 4.90 Å². The van der Waals surface area contributed by atoms with Crippen LogP contribution in [-0.4, -0.2) is 55.7 Å². The summed E-state index contributed by atoms with van der Waals surface area (Å²) >= 11 is 0. The number of carbonyl (C=O) groups is 2. The summed E-state index contributed by atoms with van der Waals surface area (Å²) in [6.45, 7) is 1.91. The highest BCUT2D eigenvalue weighted by atomic mass is 16.5. The van der Waals surface area contributed by atoms with E-state index in [2.05, 4.69) is 5.32 Å². The van der Waals surface area contributed by atoms with E-state index in [4.69, 9.17) is 4.74 Å². The second-order valence-electron chi connectivity index (χ2n) is 6.06. The van der Waals surface area contributed by atoms with Crippen LogP contribution in [0.3, 0.4) is 0 Å². The highest BCUT2D eigenvalue weighted by Crippen LogP contribution is 2.23. The minimum absolute atomic E-state index is 0.0223. The number of benzene rings is 1. The summed E-state index contributed by atoms with van der Waals surface area (Å²) in [4.78, 5) is 28.1. The third-order valence-electron chi connectivity index (χ3n) is 4.54. The van der Waals surface area contributed by atoms with Gasteiger partial charge < -0.3 is 19.9 Å². The molecule has 3 rings (SSSR count). The number of nitrogens with zero attached hydrogens (tertiary/aromatic N) is 2. The van der Waals surface area contributed by atoms with Crippen LogP contribution in [0.2, 0.25) is 0 Å². The van der Waals surface area contributed by atoms with Gasteiger partial charge in [-0.3, -0.25) is 4.79 Å². The monoisotopic (exact) mass is 317 g/mol. The Morgan fingerprint density at radius 3 is 2.83 bits per heavy atom. The van der Waals surface area contributed by atoms with Crippen LogP contribution in [0.1, 0.15) is 19.3 Å². The molecule has 0 aromatic heterocycles. The SMILES string of the molecule is CN(C(=O)NC[C@@H]1CCCO1)[C@H]1CCN(c2ccccc2)C1=O. The number of rotatable bonds is 4. The predicted octanol–water partition coefficient (Wildman–Crippen LogP) is 1.61. The molecule has 23 heavy (non-hydrogen) atoms. The zero-order chi connectivity index (χ0) is 16.2. The average molecular weight is 317 g/mol. The Morgan fingerprint density at radius 2 is 2.13 bits per heavy atom. The van der Waals surface area contributed by atoms with E-state index >= 15 is 0 Å². The van der Waals surface area contributed by atoms with E-state index in [-0.39, 0.29) is 18.0 Å². The van der Waals surface area contributed by atoms with Gasteiger partial charge in [0, 0.05) is 32.4 Å². The maximum Gasteiger partial charge on any atom is 0.317 e. The summed E-state index contributed by atoms with van der Waals surface area (Å²) in [5.74, 6) is -0.0223. The molecule has 0 saturated carbocycles. The van der Waals surface area contributed by atoms with Gasteiger partial charge in [-0.15, -0.1) is 0 Å². The summed E-state index contributed by atoms with van der Waals surface area (Å²) in [6.07, 6.45) is 2.78. The smallest absolute Gasteiger partial charge is 0.317 e. The lowest BCUT2D eigenvalue weighted by Gasteiger charge is -2.25. The van der Waals surface area contributed by atoms with Crippen molar-refractivity contribution in [2.75, 3.05) is 31.6 Å². The lowest BCUT2D eigenvalue weighted by atomic mass is 10.2. The number of amides is 3. The van der Waals surface area contributed by atoms with Crippen LogP contribution in [-0.2, 0) is 9.53 Å². The van der Waals surface area contributed by atoms with Crippen molar-refractivity contribution in [3.8, 4) is 0 Å². The van der Waals surface area contributed by atoms with E-state index in [0.29, 0.717) is 19.5 Å². The summed E-state index contributed by atoms with van der Waals surface area (Å²) < 4.78 is 5.50. The third-order valence-corrected chi connectivity index (χ3v) is 4.54. The van der Waals surface area contributed by atoms with Crippen LogP contribution in [0.5, 0.6) is 0 Å². The standard InChI is InChI=1S/C17H23N3O3/c1-19(17(22)18-12-14-8-5-11-23-14)15-9-10-20(16(15)21)13-6-3-2-4-7-13/h2-4,6-7,14-15H,5,8-12H2,1H3,(H,18,22)/t14-,15-/m0/s1. The van der Waals surface area contributed by atoms with E-state index in [1.54, 1.807) is 11.9 Å². The first-order chi connectivity index (χ1) is 11.2. The molecule has 0 spiro atoms. The Morgan fingerprint density at radius 1 is 1.35 bits per heavy atom. The van der Waals surface area contributed by atoms with Crippen molar-refractivity contribution >= 4 is 17.6 Å². The van der Waals surface area contributed by atoms with Crippen LogP contribution in [0.25, 0.3) is 0 Å². The second-order valence-corrected chi connectivity index (χ2v) is 6.06. The molecule has 0 bridgehead atoms. The molecule has 1 N–H and O–H groups in total. The molecular weight excluding hydrogens is 294 g/mol. The molecule has 2 aliphatic rings. The topological polar surface area (TPSA) is 61.9 Å². The molecule has 0 radical (unpaired) electrons. The Kier molecular flexibility index (Phi) is 4.81. The van der Waals surface area contributed by atoms with Crippen molar-refractivity contribution in [2.24, 2.45) is 0 Å². The Hall–Kier alpha value is -2.08. The molecule has 0 unspecified atom stereocenters. The lowest BCUT2D eigenvalue weighted by molar-refractivity contribution is -0.120. The molecule has 124 valence electrons. The van der Waals surface area contributed by atoms with Crippen LogP contribution >= 0.6 is 0 Å². The maximum absolute atomic E-state index is 12.6. The van der Waals surface area contributed by atoms with Gasteiger partial charge >= 0.3 is 6.03 Å². The molecule has 1 aromatic rings. The number of likely N-dealkylation sites (N-methyl/N-ethyl adjacent to an activating group) is 1. The van der Waals surface area contributed by atoms with Crippen molar-refractivity contribution in [3.63, 3.8) is 0 Å². The van der Waals surface area contributed by atoms with Gasteiger partial charge in [0.2, 0.25) is 5.91 Å². The quantitative estimate of drug-likeness (QED) is 0.918. The predicted molar refractivity (Wildman–Crippen MR) is 87.3 cm³/mol. The normalized spacial score (nSPS) is 24.0. The summed E-state index contributed by atoms with van der Waals surface area (Å²) in [6, 6.07) is 8.96. The van der Waals surface area contributed by atoms with Gasteiger partial charge in [0.05, 0.1) is 6.10 Å². The fourth-order valence-corrected chi connectivity index (χ4v) is 3.16. The zero-order valence-electron chi connectivity index (χ0n) is 13.4. The van der Waals surface area contributed by atoms with Crippen LogP contribution in [0.4, 0.5) is 10.5 Å². The van der Waals surface area contributed by atoms with Crippen LogP contribution < -0.4 is 10.2 Å². The van der Waals surface area contributed by atoms with Gasteiger partial charge in [0.1, 0.15) is 6.04 Å². The number of anilines is 1. The number of hydrogen-bond acceptors (Lipinski definition) is 3. The van der Waals surface area contributed by atoms with Gasteiger partial charge in [0.15, 0.2) is 0 Å². The molecule has 0 aliphatic carbocycles. The first-order valence-corrected chi connectivity index (χ1v) is 8.15. The fourth-order valence-electron chi connectivity index (χ4n) is 3.16. The van der Waals surface area contributed by atoms with Gasteiger partial charge in [-0.05, 0) is 31.4 Å². The summed E-state index contributed by atoms with van der Waals surface area (Å²) in [5, 5.41) is 2.87. The number of urea groups is 1. The number of carbonyl (C=O) groups excluding carboxylic acids is 2. The minimum Gasteiger partial charge on any atom is -0.376 e. The average Bonchev–Trinajstić information content (AvgIpc) is 3.22. The molecule has 6 heteroatoms. The molecule has 6 nitrogen and oxygen atoms in total. The van der Waals surface area contributed by atoms with Crippen molar-refractivity contribution < 1.29 is 14.3 Å². The fraction of sp³-hybridized carbons (Fsp3) is 0.529. The Balaban J connectivity index is 1.56. The minimum atomic E-state index is -0.403. The Labute approximate surface area is 136 Å². The van der Waals surface area contributed by atoms with Crippen LogP contribution in [0, 0.1) is 0 Å². The molecule has 3 amide bonds. The van der Waals surface area contributed by atoms with Crippen molar-refractivity contribution in [1.29, 1.82) is 0 Å². The van der Waals surface area contributed by atoms with E-state index < -0.39 is 6.04 Å². The molecule has 2 aliphatic heterocycles. The molecule has 2 atom stereocenters. The lowest BCUT2D eigenvalue weighted by Crippen LogP contribution is -2.48. The van der Waals surface area contributed by atoms with Gasteiger partial charge in [0.25, 0.3) is 0 Å². The number of ether oxygens (including phenoxy) is 1. The zero-order valence-corrected chi connectivity index (χ0v) is 13.4. The van der Waals surface area contributed by atoms with E-state index in [1.807, 2.05) is 30.3 Å². The maximum atomic E-state index is 12.6. The van der Waals surface area contributed by atoms with Crippen LogP contribution in [0.15, 0.2) is 30.3 Å². The van der Waals surface area contributed by atoms with Crippen molar-refractivity contribution in [2.45, 2.75) is 31.4 Å². The van der Waals surface area contributed by atoms with Crippen molar-refractivity contribution in [3.05, 3.63) is 30.3 Å². The molecular formula is C17H23N3O3. The van der Waals surface area contributed by atoms with Crippen molar-refractivity contribution in [1.82, 2.24) is 10.2 Å². The Bertz CT molecular complexity index is 557. The number of nitrogens with one attached hydrogen (secondary N) is 1. The molecule has 2 heterocycles. The summed E-state index contributed by atoms with van der Waals surface area (Å²) in [7, 11) is 1.68. The van der Waals surface area contributed by atoms with E-state index in [0.717, 1.165) is 25.1 Å². The summed E-state index contributed by atoms with van der Waals surface area (Å²) in [5.41, 5.74) is 0.883. The molecule has 2 saturated heterocycles. The van der Waals surface area contributed by atoms with Gasteiger partial charge in [-0.25, -0.2) is 4.79 Å². The number of para-hydroxylation sites is 1. The third kappa shape index (κ3) is 3.47. The molecule has 1 aromatic carbocycles. The second kappa shape index (κ2) is 7.00. The van der Waals surface area contributed by atoms with Gasteiger partial charge in [-0.2, -0.15) is 0 Å². The van der Waals surface area contributed by atoms with E-state index in [9.17, 15) is 9.59 Å². The first kappa shape index (κ1) is 15.8. The first-order valence-electron chi connectivity index (χ1n) is 8.15.